The normalized spacial score (nSPS) is 11.4. The third-order valence-corrected chi connectivity index (χ3v) is 6.51. The molecule has 0 aliphatic rings. The molecule has 1 aromatic heterocycles. The molecule has 1 N–H and O–H groups in total. The third-order valence-electron chi connectivity index (χ3n) is 5.50. The number of rotatable bonds is 8. The van der Waals surface area contributed by atoms with Crippen LogP contribution in [0.4, 0.5) is 23.7 Å². The van der Waals surface area contributed by atoms with Crippen LogP contribution in [0, 0.1) is 6.92 Å². The van der Waals surface area contributed by atoms with Gasteiger partial charge in [-0.15, -0.1) is 11.3 Å². The fraction of sp³-hybridized carbons (Fsp3) is 0.308. The minimum atomic E-state index is -4.52. The van der Waals surface area contributed by atoms with Crippen molar-refractivity contribution in [2.45, 2.75) is 46.1 Å². The van der Waals surface area contributed by atoms with Gasteiger partial charge in [0.15, 0.2) is 0 Å². The predicted molar refractivity (Wildman–Crippen MR) is 132 cm³/mol. The highest BCUT2D eigenvalue weighted by molar-refractivity contribution is 7.10. The summed E-state index contributed by atoms with van der Waals surface area (Å²) in [6, 6.07) is 15.0. The van der Waals surface area contributed by atoms with E-state index in [4.69, 9.17) is 0 Å². The number of aryl methyl sites for hydroxylation is 1. The molecule has 1 heterocycles. The molecule has 3 rings (SSSR count). The smallest absolute Gasteiger partial charge is 0.332 e. The second kappa shape index (κ2) is 11.4. The van der Waals surface area contributed by atoms with E-state index in [-0.39, 0.29) is 24.2 Å². The Hall–Kier alpha value is -3.33. The SMILES string of the molecule is Cc1ccsc1CN(Cc1ccccc1)C(=O)CN(C(=O)Nc1cccc(C(F)(F)F)c1)C(C)C. The summed E-state index contributed by atoms with van der Waals surface area (Å²) in [6.07, 6.45) is -4.52. The quantitative estimate of drug-likeness (QED) is 0.379. The van der Waals surface area contributed by atoms with Crippen LogP contribution in [0.5, 0.6) is 0 Å². The monoisotopic (exact) mass is 503 g/mol. The maximum atomic E-state index is 13.4. The van der Waals surface area contributed by atoms with E-state index in [0.717, 1.165) is 28.1 Å². The molecule has 0 atom stereocenters. The molecule has 3 amide bonds. The van der Waals surface area contributed by atoms with Gasteiger partial charge in [-0.2, -0.15) is 13.2 Å². The molecule has 0 bridgehead atoms. The average molecular weight is 504 g/mol. The Morgan fingerprint density at radius 1 is 1.00 bits per heavy atom. The standard InChI is InChI=1S/C26H28F3N3O2S/c1-18(2)32(25(34)30-22-11-7-10-21(14-22)26(27,28)29)17-24(33)31(15-20-8-5-4-6-9-20)16-23-19(3)12-13-35-23/h4-14,18H,15-17H2,1-3H3,(H,30,34). The molecular weight excluding hydrogens is 475 g/mol. The maximum Gasteiger partial charge on any atom is 0.416 e. The van der Waals surface area contributed by atoms with Gasteiger partial charge in [0.1, 0.15) is 6.54 Å². The van der Waals surface area contributed by atoms with Crippen LogP contribution >= 0.6 is 11.3 Å². The van der Waals surface area contributed by atoms with Crippen molar-refractivity contribution in [3.05, 3.63) is 87.6 Å². The first-order chi connectivity index (χ1) is 16.5. The third kappa shape index (κ3) is 7.32. The number of thiophene rings is 1. The van der Waals surface area contributed by atoms with Gasteiger partial charge < -0.3 is 15.1 Å². The molecule has 0 spiro atoms. The Kier molecular flexibility index (Phi) is 8.56. The van der Waals surface area contributed by atoms with Crippen LogP contribution < -0.4 is 5.32 Å². The lowest BCUT2D eigenvalue weighted by Gasteiger charge is -2.30. The van der Waals surface area contributed by atoms with Crippen LogP contribution in [0.2, 0.25) is 0 Å². The van der Waals surface area contributed by atoms with Crippen LogP contribution in [0.25, 0.3) is 0 Å². The summed E-state index contributed by atoms with van der Waals surface area (Å²) in [5.41, 5.74) is 1.20. The largest absolute Gasteiger partial charge is 0.416 e. The van der Waals surface area contributed by atoms with Gasteiger partial charge in [-0.1, -0.05) is 36.4 Å². The van der Waals surface area contributed by atoms with Crippen LogP contribution in [0.1, 0.15) is 35.4 Å². The van der Waals surface area contributed by atoms with Crippen molar-refractivity contribution < 1.29 is 22.8 Å². The van der Waals surface area contributed by atoms with E-state index in [1.54, 1.807) is 30.1 Å². The van der Waals surface area contributed by atoms with E-state index in [1.165, 1.54) is 17.0 Å². The van der Waals surface area contributed by atoms with Gasteiger partial charge in [0, 0.05) is 23.2 Å². The number of benzene rings is 2. The van der Waals surface area contributed by atoms with Gasteiger partial charge in [-0.25, -0.2) is 4.79 Å². The zero-order chi connectivity index (χ0) is 25.6. The number of urea groups is 1. The number of nitrogens with zero attached hydrogens (tertiary/aromatic N) is 2. The highest BCUT2D eigenvalue weighted by atomic mass is 32.1. The highest BCUT2D eigenvalue weighted by Gasteiger charge is 2.31. The van der Waals surface area contributed by atoms with E-state index in [1.807, 2.05) is 48.7 Å². The molecule has 9 heteroatoms. The lowest BCUT2D eigenvalue weighted by Crippen LogP contribution is -2.47. The molecule has 0 aliphatic heterocycles. The lowest BCUT2D eigenvalue weighted by molar-refractivity contribution is -0.137. The van der Waals surface area contributed by atoms with E-state index < -0.39 is 17.8 Å². The zero-order valence-electron chi connectivity index (χ0n) is 19.8. The first-order valence-electron chi connectivity index (χ1n) is 11.1. The number of alkyl halides is 3. The van der Waals surface area contributed by atoms with Gasteiger partial charge >= 0.3 is 12.2 Å². The summed E-state index contributed by atoms with van der Waals surface area (Å²) in [6.45, 7) is 6.06. The number of anilines is 1. The molecule has 186 valence electrons. The van der Waals surface area contributed by atoms with Gasteiger partial charge in [0.25, 0.3) is 0 Å². The lowest BCUT2D eigenvalue weighted by atomic mass is 10.2. The molecule has 0 aliphatic carbocycles. The Morgan fingerprint density at radius 3 is 2.31 bits per heavy atom. The summed E-state index contributed by atoms with van der Waals surface area (Å²) in [4.78, 5) is 30.4. The highest BCUT2D eigenvalue weighted by Crippen LogP contribution is 2.30. The van der Waals surface area contributed by atoms with Crippen molar-refractivity contribution in [2.75, 3.05) is 11.9 Å². The number of halogens is 3. The Bertz CT molecular complexity index is 1150. The van der Waals surface area contributed by atoms with Crippen LogP contribution in [-0.2, 0) is 24.1 Å². The van der Waals surface area contributed by atoms with Crippen LogP contribution in [-0.4, -0.2) is 34.3 Å². The molecule has 0 fully saturated rings. The zero-order valence-corrected chi connectivity index (χ0v) is 20.6. The Labute approximate surface area is 207 Å². The molecule has 35 heavy (non-hydrogen) atoms. The van der Waals surface area contributed by atoms with Crippen LogP contribution in [0.3, 0.4) is 0 Å². The first-order valence-corrected chi connectivity index (χ1v) is 12.0. The number of carbonyl (C=O) groups is 2. The number of carbonyl (C=O) groups excluding carboxylic acids is 2. The van der Waals surface area contributed by atoms with Crippen molar-refractivity contribution in [3.8, 4) is 0 Å². The topological polar surface area (TPSA) is 52.7 Å². The van der Waals surface area contributed by atoms with Crippen LogP contribution in [0.15, 0.2) is 66.0 Å². The number of hydrogen-bond acceptors (Lipinski definition) is 3. The molecule has 0 saturated carbocycles. The summed E-state index contributed by atoms with van der Waals surface area (Å²) in [7, 11) is 0. The average Bonchev–Trinajstić information content (AvgIpc) is 3.21. The number of hydrogen-bond donors (Lipinski definition) is 1. The Morgan fingerprint density at radius 2 is 1.71 bits per heavy atom. The van der Waals surface area contributed by atoms with Crippen molar-refractivity contribution in [2.24, 2.45) is 0 Å². The second-order valence-electron chi connectivity index (χ2n) is 8.49. The number of nitrogens with one attached hydrogen (secondary N) is 1. The van der Waals surface area contributed by atoms with Gasteiger partial charge in [0.05, 0.1) is 12.1 Å². The van der Waals surface area contributed by atoms with Crippen molar-refractivity contribution >= 4 is 29.0 Å². The summed E-state index contributed by atoms with van der Waals surface area (Å²) in [5.74, 6) is -0.255. The van der Waals surface area contributed by atoms with Crippen molar-refractivity contribution in [3.63, 3.8) is 0 Å². The van der Waals surface area contributed by atoms with E-state index in [0.29, 0.717) is 13.1 Å². The van der Waals surface area contributed by atoms with E-state index in [2.05, 4.69) is 5.32 Å². The summed E-state index contributed by atoms with van der Waals surface area (Å²) >= 11 is 1.56. The molecule has 2 aromatic carbocycles. The Balaban J connectivity index is 1.77. The molecule has 5 nitrogen and oxygen atoms in total. The first kappa shape index (κ1) is 26.3. The van der Waals surface area contributed by atoms with E-state index in [9.17, 15) is 22.8 Å². The van der Waals surface area contributed by atoms with Gasteiger partial charge in [0.2, 0.25) is 5.91 Å². The molecular formula is C26H28F3N3O2S. The molecule has 0 saturated heterocycles. The minimum Gasteiger partial charge on any atom is -0.332 e. The molecule has 0 unspecified atom stereocenters. The predicted octanol–water partition coefficient (Wildman–Crippen LogP) is 6.55. The molecule has 0 radical (unpaired) electrons. The fourth-order valence-electron chi connectivity index (χ4n) is 3.48. The van der Waals surface area contributed by atoms with Crippen molar-refractivity contribution in [1.29, 1.82) is 0 Å². The van der Waals surface area contributed by atoms with Gasteiger partial charge in [-0.05, 0) is 61.5 Å². The van der Waals surface area contributed by atoms with Crippen molar-refractivity contribution in [1.82, 2.24) is 9.80 Å². The summed E-state index contributed by atoms with van der Waals surface area (Å²) < 4.78 is 39.1. The number of amides is 3. The fourth-order valence-corrected chi connectivity index (χ4v) is 4.40. The van der Waals surface area contributed by atoms with Gasteiger partial charge in [-0.3, -0.25) is 4.79 Å². The van der Waals surface area contributed by atoms with E-state index >= 15 is 0 Å². The maximum absolute atomic E-state index is 13.4. The molecule has 3 aromatic rings. The second-order valence-corrected chi connectivity index (χ2v) is 9.49. The minimum absolute atomic E-state index is 0.0123. The summed E-state index contributed by atoms with van der Waals surface area (Å²) in [5, 5.41) is 4.47.